The van der Waals surface area contributed by atoms with E-state index >= 15 is 0 Å². The number of hydrogen-bond donors (Lipinski definition) is 0. The normalized spacial score (nSPS) is 10.3. The lowest BCUT2D eigenvalue weighted by Gasteiger charge is -1.98. The number of halogens is 1. The second kappa shape index (κ2) is 4.94. The van der Waals surface area contributed by atoms with Gasteiger partial charge in [-0.3, -0.25) is 4.79 Å². The smallest absolute Gasteiger partial charge is 0.167 e. The third kappa shape index (κ3) is 2.31. The molecule has 16 heavy (non-hydrogen) atoms. The molecule has 0 saturated carbocycles. The number of para-hydroxylation sites is 1. The standard InChI is InChI=1S/C12H11ClN2O/c13-7-6-12(16)10-8-14-15(9-10)11-4-2-1-3-5-11/h1-5,8-9H,6-7H2. The maximum atomic E-state index is 11.6. The summed E-state index contributed by atoms with van der Waals surface area (Å²) in [6, 6.07) is 9.66. The van der Waals surface area contributed by atoms with Crippen LogP contribution < -0.4 is 0 Å². The summed E-state index contributed by atoms with van der Waals surface area (Å²) in [4.78, 5) is 11.6. The minimum atomic E-state index is 0.0252. The molecule has 0 saturated heterocycles. The first kappa shape index (κ1) is 10.9. The van der Waals surface area contributed by atoms with Gasteiger partial charge in [-0.2, -0.15) is 5.10 Å². The molecule has 1 heterocycles. The summed E-state index contributed by atoms with van der Waals surface area (Å²) in [5, 5.41) is 4.14. The van der Waals surface area contributed by atoms with Crippen molar-refractivity contribution in [3.63, 3.8) is 0 Å². The van der Waals surface area contributed by atoms with Crippen molar-refractivity contribution in [2.24, 2.45) is 0 Å². The molecule has 1 aromatic heterocycles. The van der Waals surface area contributed by atoms with Crippen LogP contribution in [0.3, 0.4) is 0 Å². The molecule has 0 N–H and O–H groups in total. The number of benzene rings is 1. The third-order valence-electron chi connectivity index (χ3n) is 2.25. The first-order chi connectivity index (χ1) is 7.81. The van der Waals surface area contributed by atoms with E-state index in [1.807, 2.05) is 30.3 Å². The first-order valence-corrected chi connectivity index (χ1v) is 5.54. The van der Waals surface area contributed by atoms with E-state index in [0.29, 0.717) is 17.9 Å². The number of Topliss-reactive ketones (excluding diaryl/α,β-unsaturated/α-hetero) is 1. The fourth-order valence-electron chi connectivity index (χ4n) is 1.42. The van der Waals surface area contributed by atoms with Gasteiger partial charge >= 0.3 is 0 Å². The Morgan fingerprint density at radius 1 is 1.31 bits per heavy atom. The van der Waals surface area contributed by atoms with Gasteiger partial charge in [-0.25, -0.2) is 4.68 Å². The molecule has 0 aliphatic carbocycles. The number of ketones is 1. The summed E-state index contributed by atoms with van der Waals surface area (Å²) in [7, 11) is 0. The Kier molecular flexibility index (Phi) is 3.37. The highest BCUT2D eigenvalue weighted by molar-refractivity contribution is 6.19. The van der Waals surface area contributed by atoms with Crippen LogP contribution in [0.1, 0.15) is 16.8 Å². The van der Waals surface area contributed by atoms with Crippen molar-refractivity contribution in [1.29, 1.82) is 0 Å². The maximum Gasteiger partial charge on any atom is 0.167 e. The van der Waals surface area contributed by atoms with Crippen LogP contribution >= 0.6 is 11.6 Å². The maximum absolute atomic E-state index is 11.6. The van der Waals surface area contributed by atoms with Crippen LogP contribution in [0.5, 0.6) is 0 Å². The number of carbonyl (C=O) groups is 1. The van der Waals surface area contributed by atoms with E-state index in [-0.39, 0.29) is 5.78 Å². The second-order valence-electron chi connectivity index (χ2n) is 3.37. The predicted octanol–water partition coefficient (Wildman–Crippen LogP) is 2.68. The molecular formula is C12H11ClN2O. The highest BCUT2D eigenvalue weighted by atomic mass is 35.5. The minimum absolute atomic E-state index is 0.0252. The average molecular weight is 235 g/mol. The summed E-state index contributed by atoms with van der Waals surface area (Å²) >= 11 is 5.52. The van der Waals surface area contributed by atoms with E-state index in [1.165, 1.54) is 0 Å². The molecule has 0 amide bonds. The van der Waals surface area contributed by atoms with Crippen molar-refractivity contribution in [1.82, 2.24) is 9.78 Å². The number of nitrogens with zero attached hydrogens (tertiary/aromatic N) is 2. The summed E-state index contributed by atoms with van der Waals surface area (Å²) < 4.78 is 1.68. The topological polar surface area (TPSA) is 34.9 Å². The zero-order valence-corrected chi connectivity index (χ0v) is 9.39. The van der Waals surface area contributed by atoms with Crippen LogP contribution in [0.25, 0.3) is 5.69 Å². The monoisotopic (exact) mass is 234 g/mol. The Balaban J connectivity index is 2.23. The van der Waals surface area contributed by atoms with E-state index < -0.39 is 0 Å². The number of carbonyl (C=O) groups excluding carboxylic acids is 1. The molecule has 1 aromatic carbocycles. The highest BCUT2D eigenvalue weighted by Crippen LogP contribution is 2.09. The molecule has 0 radical (unpaired) electrons. The summed E-state index contributed by atoms with van der Waals surface area (Å²) in [6.45, 7) is 0. The molecule has 0 spiro atoms. The van der Waals surface area contributed by atoms with Gasteiger partial charge < -0.3 is 0 Å². The zero-order chi connectivity index (χ0) is 11.4. The van der Waals surface area contributed by atoms with Gasteiger partial charge in [0.1, 0.15) is 0 Å². The van der Waals surface area contributed by atoms with Crippen LogP contribution in [0, 0.1) is 0 Å². The van der Waals surface area contributed by atoms with Crippen molar-refractivity contribution in [2.75, 3.05) is 5.88 Å². The third-order valence-corrected chi connectivity index (χ3v) is 2.44. The Bertz CT molecular complexity index is 479. The molecule has 4 heteroatoms. The van der Waals surface area contributed by atoms with Gasteiger partial charge in [-0.05, 0) is 12.1 Å². The zero-order valence-electron chi connectivity index (χ0n) is 8.64. The summed E-state index contributed by atoms with van der Waals surface area (Å²) in [6.07, 6.45) is 3.65. The number of aromatic nitrogens is 2. The van der Waals surface area contributed by atoms with Crippen molar-refractivity contribution >= 4 is 17.4 Å². The molecule has 0 atom stereocenters. The fourth-order valence-corrected chi connectivity index (χ4v) is 1.59. The molecule has 0 bridgehead atoms. The van der Waals surface area contributed by atoms with Gasteiger partial charge in [0.25, 0.3) is 0 Å². The summed E-state index contributed by atoms with van der Waals surface area (Å²) in [5.74, 6) is 0.368. The van der Waals surface area contributed by atoms with E-state index in [2.05, 4.69) is 5.10 Å². The van der Waals surface area contributed by atoms with E-state index in [0.717, 1.165) is 5.69 Å². The number of alkyl halides is 1. The largest absolute Gasteiger partial charge is 0.294 e. The molecule has 3 nitrogen and oxygen atoms in total. The molecule has 0 unspecified atom stereocenters. The molecule has 2 aromatic rings. The molecule has 0 aliphatic heterocycles. The van der Waals surface area contributed by atoms with Crippen LogP contribution in [0.15, 0.2) is 42.7 Å². The van der Waals surface area contributed by atoms with Crippen LogP contribution in [-0.4, -0.2) is 21.4 Å². The van der Waals surface area contributed by atoms with Crippen molar-refractivity contribution in [3.8, 4) is 5.69 Å². The highest BCUT2D eigenvalue weighted by Gasteiger charge is 2.08. The molecule has 0 fully saturated rings. The number of rotatable bonds is 4. The molecule has 2 rings (SSSR count). The molecule has 82 valence electrons. The van der Waals surface area contributed by atoms with E-state index in [4.69, 9.17) is 11.6 Å². The molecular weight excluding hydrogens is 224 g/mol. The fraction of sp³-hybridized carbons (Fsp3) is 0.167. The van der Waals surface area contributed by atoms with E-state index in [9.17, 15) is 4.79 Å². The Morgan fingerprint density at radius 2 is 2.06 bits per heavy atom. The Hall–Kier alpha value is -1.61. The van der Waals surface area contributed by atoms with Gasteiger partial charge in [0.05, 0.1) is 17.4 Å². The lowest BCUT2D eigenvalue weighted by atomic mass is 10.2. The Morgan fingerprint density at radius 3 is 2.75 bits per heavy atom. The van der Waals surface area contributed by atoms with Gasteiger partial charge in [0.15, 0.2) is 5.78 Å². The minimum Gasteiger partial charge on any atom is -0.294 e. The predicted molar refractivity (Wildman–Crippen MR) is 63.2 cm³/mol. The van der Waals surface area contributed by atoms with Crippen LogP contribution in [0.4, 0.5) is 0 Å². The van der Waals surface area contributed by atoms with Crippen LogP contribution in [0.2, 0.25) is 0 Å². The van der Waals surface area contributed by atoms with Gasteiger partial charge in [-0.15, -0.1) is 11.6 Å². The quantitative estimate of drug-likeness (QED) is 0.602. The second-order valence-corrected chi connectivity index (χ2v) is 3.75. The van der Waals surface area contributed by atoms with Crippen molar-refractivity contribution in [2.45, 2.75) is 6.42 Å². The lowest BCUT2D eigenvalue weighted by Crippen LogP contribution is -1.98. The average Bonchev–Trinajstić information content (AvgIpc) is 2.80. The van der Waals surface area contributed by atoms with Crippen molar-refractivity contribution < 1.29 is 4.79 Å². The first-order valence-electron chi connectivity index (χ1n) is 5.00. The number of hydrogen-bond acceptors (Lipinski definition) is 2. The summed E-state index contributed by atoms with van der Waals surface area (Å²) in [5.41, 5.74) is 1.54. The van der Waals surface area contributed by atoms with Gasteiger partial charge in [0, 0.05) is 18.5 Å². The lowest BCUT2D eigenvalue weighted by molar-refractivity contribution is 0.0989. The molecule has 0 aliphatic rings. The van der Waals surface area contributed by atoms with E-state index in [1.54, 1.807) is 17.1 Å². The Labute approximate surface area is 98.7 Å². The van der Waals surface area contributed by atoms with Crippen LogP contribution in [-0.2, 0) is 0 Å². The van der Waals surface area contributed by atoms with Gasteiger partial charge in [0.2, 0.25) is 0 Å². The van der Waals surface area contributed by atoms with Crippen molar-refractivity contribution in [3.05, 3.63) is 48.3 Å². The SMILES string of the molecule is O=C(CCCl)c1cnn(-c2ccccc2)c1. The van der Waals surface area contributed by atoms with Gasteiger partial charge in [-0.1, -0.05) is 18.2 Å².